The highest BCUT2D eigenvalue weighted by Gasteiger charge is 2.56. The fraction of sp³-hybridized carbons (Fsp3) is 0.462. The number of likely N-dealkylation sites (N-methyl/N-ethyl adjacent to an activating group) is 1. The molecule has 2 N–H and O–H groups in total. The summed E-state index contributed by atoms with van der Waals surface area (Å²) in [4.78, 5) is 31.4. The van der Waals surface area contributed by atoms with Crippen LogP contribution in [0.5, 0.6) is 0 Å². The third kappa shape index (κ3) is 5.60. The van der Waals surface area contributed by atoms with E-state index in [0.717, 1.165) is 37.1 Å². The van der Waals surface area contributed by atoms with Crippen LogP contribution in [-0.2, 0) is 21.4 Å². The van der Waals surface area contributed by atoms with Crippen molar-refractivity contribution in [2.24, 2.45) is 5.73 Å². The Hall–Kier alpha value is -1.50. The smallest absolute Gasteiger partial charge is 0.240 e. The molecule has 0 bridgehead atoms. The lowest BCUT2D eigenvalue weighted by Gasteiger charge is -2.43. The molecule has 1 heterocycles. The Morgan fingerprint density at radius 2 is 1.74 bits per heavy atom. The molecule has 1 unspecified atom stereocenters. The SMILES string of the molecule is CCN1CCCC(N(C(=O)C2(c3ccc(Cl)cc3Cl)CC2)[C@@H](Cc2ccc(Cl)cc2Cl)C(N)=O)C1. The first-order valence-corrected chi connectivity index (χ1v) is 13.4. The lowest BCUT2D eigenvalue weighted by Crippen LogP contribution is -2.60. The summed E-state index contributed by atoms with van der Waals surface area (Å²) in [6, 6.07) is 9.37. The summed E-state index contributed by atoms with van der Waals surface area (Å²) in [5.74, 6) is -0.672. The van der Waals surface area contributed by atoms with Gasteiger partial charge >= 0.3 is 0 Å². The van der Waals surface area contributed by atoms with E-state index in [1.807, 2.05) is 6.07 Å². The first kappa shape index (κ1) is 26.6. The van der Waals surface area contributed by atoms with E-state index in [2.05, 4.69) is 11.8 Å². The summed E-state index contributed by atoms with van der Waals surface area (Å²) in [7, 11) is 0. The van der Waals surface area contributed by atoms with Gasteiger partial charge in [0, 0.05) is 39.1 Å². The van der Waals surface area contributed by atoms with Gasteiger partial charge in [-0.2, -0.15) is 0 Å². The summed E-state index contributed by atoms with van der Waals surface area (Å²) >= 11 is 25.2. The zero-order chi connectivity index (χ0) is 25.3. The Kier molecular flexibility index (Phi) is 8.24. The van der Waals surface area contributed by atoms with Crippen LogP contribution in [0, 0.1) is 0 Å². The molecule has 2 aliphatic rings. The molecule has 5 nitrogen and oxygen atoms in total. The van der Waals surface area contributed by atoms with E-state index in [9.17, 15) is 9.59 Å². The second kappa shape index (κ2) is 10.9. The van der Waals surface area contributed by atoms with E-state index in [-0.39, 0.29) is 18.4 Å². The van der Waals surface area contributed by atoms with E-state index >= 15 is 0 Å². The van der Waals surface area contributed by atoms with Crippen molar-refractivity contribution in [2.45, 2.75) is 56.5 Å². The molecule has 2 amide bonds. The van der Waals surface area contributed by atoms with E-state index in [1.165, 1.54) is 0 Å². The second-order valence-corrected chi connectivity index (χ2v) is 11.2. The zero-order valence-corrected chi connectivity index (χ0v) is 22.6. The lowest BCUT2D eigenvalue weighted by molar-refractivity contribution is -0.145. The van der Waals surface area contributed by atoms with Crippen molar-refractivity contribution in [3.05, 3.63) is 67.6 Å². The number of piperidine rings is 1. The number of nitrogens with zero attached hydrogens (tertiary/aromatic N) is 2. The van der Waals surface area contributed by atoms with Crippen LogP contribution in [0.25, 0.3) is 0 Å². The van der Waals surface area contributed by atoms with Gasteiger partial charge in [-0.15, -0.1) is 0 Å². The number of benzene rings is 2. The van der Waals surface area contributed by atoms with Crippen LogP contribution >= 0.6 is 46.4 Å². The molecule has 2 fully saturated rings. The number of carbonyl (C=O) groups is 2. The third-order valence-electron chi connectivity index (χ3n) is 7.25. The Morgan fingerprint density at radius 1 is 1.09 bits per heavy atom. The zero-order valence-electron chi connectivity index (χ0n) is 19.6. The summed E-state index contributed by atoms with van der Waals surface area (Å²) in [6.07, 6.45) is 3.25. The van der Waals surface area contributed by atoms with Crippen molar-refractivity contribution < 1.29 is 9.59 Å². The highest BCUT2D eigenvalue weighted by atomic mass is 35.5. The summed E-state index contributed by atoms with van der Waals surface area (Å²) < 4.78 is 0. The van der Waals surface area contributed by atoms with Gasteiger partial charge in [0.25, 0.3) is 0 Å². The molecule has 2 aromatic rings. The molecular formula is C26H29Cl4N3O2. The van der Waals surface area contributed by atoms with E-state index < -0.39 is 17.4 Å². The van der Waals surface area contributed by atoms with Crippen LogP contribution in [0.15, 0.2) is 36.4 Å². The minimum atomic E-state index is -0.855. The average Bonchev–Trinajstić information content (AvgIpc) is 3.61. The maximum atomic E-state index is 14.4. The molecule has 35 heavy (non-hydrogen) atoms. The van der Waals surface area contributed by atoms with Crippen molar-refractivity contribution >= 4 is 58.2 Å². The highest BCUT2D eigenvalue weighted by Crippen LogP contribution is 2.53. The fourth-order valence-electron chi connectivity index (χ4n) is 5.19. The number of carbonyl (C=O) groups excluding carboxylic acids is 2. The third-order valence-corrected chi connectivity index (χ3v) is 8.39. The molecule has 1 aliphatic carbocycles. The molecule has 1 saturated carbocycles. The van der Waals surface area contributed by atoms with Crippen molar-refractivity contribution in [3.63, 3.8) is 0 Å². The van der Waals surface area contributed by atoms with Gasteiger partial charge in [-0.05, 0) is 74.2 Å². The topological polar surface area (TPSA) is 66.6 Å². The minimum absolute atomic E-state index is 0.112. The van der Waals surface area contributed by atoms with Gasteiger partial charge in [0.05, 0.1) is 5.41 Å². The predicted molar refractivity (Wildman–Crippen MR) is 143 cm³/mol. The number of nitrogens with two attached hydrogens (primary N) is 1. The van der Waals surface area contributed by atoms with Crippen LogP contribution in [-0.4, -0.2) is 53.3 Å². The minimum Gasteiger partial charge on any atom is -0.368 e. The summed E-state index contributed by atoms with van der Waals surface area (Å²) in [5, 5.41) is 1.91. The number of hydrogen-bond acceptors (Lipinski definition) is 3. The Balaban J connectivity index is 1.75. The number of hydrogen-bond donors (Lipinski definition) is 1. The van der Waals surface area contributed by atoms with Crippen LogP contribution < -0.4 is 5.73 Å². The van der Waals surface area contributed by atoms with Crippen molar-refractivity contribution in [1.82, 2.24) is 9.80 Å². The van der Waals surface area contributed by atoms with Crippen molar-refractivity contribution in [1.29, 1.82) is 0 Å². The Bertz CT molecular complexity index is 1120. The first-order valence-electron chi connectivity index (χ1n) is 11.9. The second-order valence-electron chi connectivity index (χ2n) is 9.47. The normalized spacial score (nSPS) is 20.3. The van der Waals surface area contributed by atoms with Gasteiger partial charge in [-0.25, -0.2) is 0 Å². The van der Waals surface area contributed by atoms with Crippen molar-refractivity contribution in [3.8, 4) is 0 Å². The number of amides is 2. The number of primary amides is 1. The lowest BCUT2D eigenvalue weighted by atomic mass is 9.90. The monoisotopic (exact) mass is 555 g/mol. The molecule has 0 radical (unpaired) electrons. The van der Waals surface area contributed by atoms with Gasteiger partial charge in [0.1, 0.15) is 6.04 Å². The maximum absolute atomic E-state index is 14.4. The molecule has 1 aliphatic heterocycles. The molecule has 2 aromatic carbocycles. The quantitative estimate of drug-likeness (QED) is 0.450. The number of halogens is 4. The van der Waals surface area contributed by atoms with Gasteiger partial charge in [-0.1, -0.05) is 65.5 Å². The molecule has 2 atom stereocenters. The van der Waals surface area contributed by atoms with Gasteiger partial charge in [0.15, 0.2) is 0 Å². The van der Waals surface area contributed by atoms with Gasteiger partial charge < -0.3 is 15.5 Å². The Labute approximate surface area is 226 Å². The molecule has 188 valence electrons. The van der Waals surface area contributed by atoms with Crippen LogP contribution in [0.1, 0.15) is 43.7 Å². The number of rotatable bonds is 8. The van der Waals surface area contributed by atoms with Gasteiger partial charge in [0.2, 0.25) is 11.8 Å². The predicted octanol–water partition coefficient (Wildman–Crippen LogP) is 5.74. The Morgan fingerprint density at radius 3 is 2.31 bits per heavy atom. The van der Waals surface area contributed by atoms with Crippen LogP contribution in [0.4, 0.5) is 0 Å². The highest BCUT2D eigenvalue weighted by molar-refractivity contribution is 6.35. The van der Waals surface area contributed by atoms with E-state index in [4.69, 9.17) is 52.1 Å². The maximum Gasteiger partial charge on any atom is 0.240 e. The molecule has 1 saturated heterocycles. The largest absolute Gasteiger partial charge is 0.368 e. The first-order chi connectivity index (χ1) is 16.7. The van der Waals surface area contributed by atoms with E-state index in [0.29, 0.717) is 39.5 Å². The van der Waals surface area contributed by atoms with Crippen LogP contribution in [0.3, 0.4) is 0 Å². The molecule has 9 heteroatoms. The van der Waals surface area contributed by atoms with Crippen molar-refractivity contribution in [2.75, 3.05) is 19.6 Å². The standard InChI is InChI=1S/C26H29Cl4N3O2/c1-2-32-11-3-4-19(15-32)33(23(24(31)34)12-16-5-6-17(27)13-21(16)29)25(35)26(9-10-26)20-8-7-18(28)14-22(20)30/h5-8,13-14,19,23H,2-4,9-12,15H2,1H3,(H2,31,34)/t19?,23-/m0/s1. The molecule has 0 spiro atoms. The molecule has 0 aromatic heterocycles. The van der Waals surface area contributed by atoms with Gasteiger partial charge in [-0.3, -0.25) is 9.59 Å². The fourth-order valence-corrected chi connectivity index (χ4v) is 6.26. The number of likely N-dealkylation sites (tertiary alicyclic amines) is 1. The van der Waals surface area contributed by atoms with E-state index in [1.54, 1.807) is 35.2 Å². The molecular weight excluding hydrogens is 528 g/mol. The summed E-state index contributed by atoms with van der Waals surface area (Å²) in [5.41, 5.74) is 6.65. The average molecular weight is 557 g/mol. The summed E-state index contributed by atoms with van der Waals surface area (Å²) in [6.45, 7) is 4.62. The molecule has 4 rings (SSSR count). The van der Waals surface area contributed by atoms with Crippen LogP contribution in [0.2, 0.25) is 20.1 Å².